The zero-order valence-electron chi connectivity index (χ0n) is 29.2. The Kier molecular flexibility index (Phi) is 8.20. The van der Waals surface area contributed by atoms with Crippen LogP contribution in [0.25, 0.3) is 5.57 Å². The second-order valence-corrected chi connectivity index (χ2v) is 14.1. The number of nitrogens with zero attached hydrogens (tertiary/aromatic N) is 1. The van der Waals surface area contributed by atoms with Crippen molar-refractivity contribution < 1.29 is 33.8 Å². The van der Waals surface area contributed by atoms with Crippen molar-refractivity contribution in [2.75, 3.05) is 19.1 Å². The highest BCUT2D eigenvalue weighted by molar-refractivity contribution is 6.32. The Balaban J connectivity index is 1.37. The van der Waals surface area contributed by atoms with Crippen molar-refractivity contribution in [3.63, 3.8) is 0 Å². The SMILES string of the molecule is CCc1ccc(N2C(=O)[C@H]3[C@H](CC=C4[C@H]3C[C@H]3C(=O)C(c5ccccc5)=CC(=O)[C@@]3(c3ccccc3)[C@H]4c3cc(OC)c(O)c(OC)c3)C2=O)cc1. The summed E-state index contributed by atoms with van der Waals surface area (Å²) in [6.45, 7) is 2.05. The van der Waals surface area contributed by atoms with E-state index in [0.717, 1.165) is 17.6 Å². The Morgan fingerprint density at radius 1 is 0.808 bits per heavy atom. The van der Waals surface area contributed by atoms with Gasteiger partial charge in [-0.15, -0.1) is 0 Å². The fraction of sp³-hybridized carbons (Fsp3) is 0.273. The number of aryl methyl sites for hydroxylation is 1. The molecule has 0 bridgehead atoms. The second-order valence-electron chi connectivity index (χ2n) is 14.1. The normalized spacial score (nSPS) is 26.6. The Bertz CT molecular complexity index is 2150. The molecule has 4 aromatic rings. The number of ketones is 2. The molecule has 8 nitrogen and oxygen atoms in total. The lowest BCUT2D eigenvalue weighted by molar-refractivity contribution is -0.135. The molecular weight excluding hydrogens is 654 g/mol. The molecule has 0 radical (unpaired) electrons. The van der Waals surface area contributed by atoms with E-state index in [-0.39, 0.29) is 47.1 Å². The lowest BCUT2D eigenvalue weighted by Gasteiger charge is -2.55. The van der Waals surface area contributed by atoms with Gasteiger partial charge in [0.2, 0.25) is 17.6 Å². The standard InChI is InChI=1S/C44H39NO7/c1-4-25-15-17-29(18-16-25)45-42(49)31-20-19-30-33(38(31)43(45)50)23-34-40(47)32(26-11-7-5-8-12-26)24-37(46)44(34,28-13-9-6-10-14-28)39(30)27-21-35(51-2)41(48)36(22-27)52-3/h5-19,21-22,24,31,33-34,38-39,48H,4,20,23H2,1-3H3/t31-,33+,34-,38-,39-,44-/m0/s1. The number of imide groups is 1. The number of carbonyl (C=O) groups is 4. The van der Waals surface area contributed by atoms with Gasteiger partial charge in [0.25, 0.3) is 0 Å². The number of phenols is 1. The third-order valence-corrected chi connectivity index (χ3v) is 11.8. The summed E-state index contributed by atoms with van der Waals surface area (Å²) in [5, 5.41) is 11.0. The van der Waals surface area contributed by atoms with Crippen molar-refractivity contribution in [1.29, 1.82) is 0 Å². The number of allylic oxidation sites excluding steroid dienone is 4. The summed E-state index contributed by atoms with van der Waals surface area (Å²) in [7, 11) is 2.88. The van der Waals surface area contributed by atoms with Crippen molar-refractivity contribution in [2.24, 2.45) is 23.7 Å². The average Bonchev–Trinajstić information content (AvgIpc) is 3.44. The molecule has 262 valence electrons. The van der Waals surface area contributed by atoms with E-state index in [1.807, 2.05) is 97.9 Å². The van der Waals surface area contributed by atoms with Crippen LogP contribution in [0.4, 0.5) is 5.69 Å². The quantitative estimate of drug-likeness (QED) is 0.164. The number of Topliss-reactive ketones (excluding diaryl/α,β-unsaturated/α-hetero) is 1. The number of carbonyl (C=O) groups excluding carboxylic acids is 4. The molecule has 8 rings (SSSR count). The van der Waals surface area contributed by atoms with Crippen LogP contribution in [-0.2, 0) is 31.0 Å². The van der Waals surface area contributed by atoms with Crippen molar-refractivity contribution in [2.45, 2.75) is 37.5 Å². The van der Waals surface area contributed by atoms with Gasteiger partial charge in [-0.3, -0.25) is 24.1 Å². The molecule has 1 saturated carbocycles. The monoisotopic (exact) mass is 693 g/mol. The zero-order chi connectivity index (χ0) is 36.3. The van der Waals surface area contributed by atoms with E-state index < -0.39 is 35.0 Å². The van der Waals surface area contributed by atoms with Crippen LogP contribution in [0.3, 0.4) is 0 Å². The number of methoxy groups -OCH3 is 2. The molecule has 2 fully saturated rings. The molecule has 4 aliphatic rings. The molecule has 0 spiro atoms. The predicted octanol–water partition coefficient (Wildman–Crippen LogP) is 7.00. The predicted molar refractivity (Wildman–Crippen MR) is 196 cm³/mol. The van der Waals surface area contributed by atoms with E-state index in [4.69, 9.17) is 9.47 Å². The highest BCUT2D eigenvalue weighted by atomic mass is 16.5. The summed E-state index contributed by atoms with van der Waals surface area (Å²) in [6, 6.07) is 29.4. The first kappa shape index (κ1) is 33.4. The fourth-order valence-corrected chi connectivity index (χ4v) is 9.46. The van der Waals surface area contributed by atoms with Gasteiger partial charge in [0, 0.05) is 17.4 Å². The summed E-state index contributed by atoms with van der Waals surface area (Å²) in [5.74, 6) is -4.40. The van der Waals surface area contributed by atoms with Crippen LogP contribution >= 0.6 is 0 Å². The number of anilines is 1. The van der Waals surface area contributed by atoms with E-state index in [0.29, 0.717) is 34.4 Å². The Hall–Kier alpha value is -5.76. The van der Waals surface area contributed by atoms with E-state index in [1.54, 1.807) is 12.1 Å². The number of aromatic hydroxyl groups is 1. The Morgan fingerprint density at radius 2 is 1.44 bits per heavy atom. The van der Waals surface area contributed by atoms with Crippen molar-refractivity contribution in [3.8, 4) is 17.2 Å². The summed E-state index contributed by atoms with van der Waals surface area (Å²) in [4.78, 5) is 60.5. The molecule has 0 aromatic heterocycles. The lowest BCUT2D eigenvalue weighted by Crippen LogP contribution is -2.58. The topological polar surface area (TPSA) is 110 Å². The van der Waals surface area contributed by atoms with Crippen LogP contribution in [0.1, 0.15) is 47.9 Å². The van der Waals surface area contributed by atoms with E-state index in [1.165, 1.54) is 25.2 Å². The third kappa shape index (κ3) is 4.80. The summed E-state index contributed by atoms with van der Waals surface area (Å²) >= 11 is 0. The van der Waals surface area contributed by atoms with E-state index in [9.17, 15) is 14.7 Å². The minimum atomic E-state index is -1.42. The molecule has 3 aliphatic carbocycles. The Morgan fingerprint density at radius 3 is 2.06 bits per heavy atom. The van der Waals surface area contributed by atoms with Crippen LogP contribution in [0.2, 0.25) is 0 Å². The molecule has 8 heteroatoms. The smallest absolute Gasteiger partial charge is 0.238 e. The van der Waals surface area contributed by atoms with Gasteiger partial charge < -0.3 is 14.6 Å². The number of rotatable bonds is 7. The first-order valence-corrected chi connectivity index (χ1v) is 17.8. The fourth-order valence-electron chi connectivity index (χ4n) is 9.46. The number of benzene rings is 4. The van der Waals surface area contributed by atoms with Gasteiger partial charge in [-0.25, -0.2) is 0 Å². The molecule has 1 N–H and O–H groups in total. The van der Waals surface area contributed by atoms with Crippen LogP contribution in [-0.4, -0.2) is 42.7 Å². The molecule has 4 aromatic carbocycles. The number of phenolic OH excluding ortho intramolecular Hbond substituents is 1. The molecule has 6 atom stereocenters. The summed E-state index contributed by atoms with van der Waals surface area (Å²) < 4.78 is 11.2. The maximum Gasteiger partial charge on any atom is 0.238 e. The number of amides is 2. The molecule has 52 heavy (non-hydrogen) atoms. The van der Waals surface area contributed by atoms with Crippen LogP contribution in [0.15, 0.2) is 115 Å². The van der Waals surface area contributed by atoms with Gasteiger partial charge in [0.15, 0.2) is 23.1 Å². The van der Waals surface area contributed by atoms with E-state index >= 15 is 9.59 Å². The van der Waals surface area contributed by atoms with Gasteiger partial charge in [-0.1, -0.05) is 91.4 Å². The summed E-state index contributed by atoms with van der Waals surface area (Å²) in [5.41, 5.74) is 3.26. The number of hydrogen-bond donors (Lipinski definition) is 1. The highest BCUT2D eigenvalue weighted by Crippen LogP contribution is 2.64. The number of hydrogen-bond acceptors (Lipinski definition) is 7. The average molecular weight is 694 g/mol. The first-order chi connectivity index (χ1) is 25.2. The maximum atomic E-state index is 15.3. The summed E-state index contributed by atoms with van der Waals surface area (Å²) in [6.07, 6.45) is 4.83. The first-order valence-electron chi connectivity index (χ1n) is 17.8. The van der Waals surface area contributed by atoms with Crippen molar-refractivity contribution >= 4 is 34.6 Å². The van der Waals surface area contributed by atoms with Gasteiger partial charge in [0.1, 0.15) is 0 Å². The van der Waals surface area contributed by atoms with E-state index in [2.05, 4.69) is 0 Å². The van der Waals surface area contributed by atoms with Gasteiger partial charge in [-0.2, -0.15) is 0 Å². The van der Waals surface area contributed by atoms with Crippen LogP contribution < -0.4 is 14.4 Å². The number of ether oxygens (including phenoxy) is 2. The zero-order valence-corrected chi connectivity index (χ0v) is 29.2. The van der Waals surface area contributed by atoms with Crippen molar-refractivity contribution in [1.82, 2.24) is 0 Å². The minimum Gasteiger partial charge on any atom is -0.502 e. The van der Waals surface area contributed by atoms with Crippen molar-refractivity contribution in [3.05, 3.63) is 137 Å². The molecule has 1 heterocycles. The maximum absolute atomic E-state index is 15.3. The van der Waals surface area contributed by atoms with Gasteiger partial charge in [0.05, 0.1) is 37.2 Å². The highest BCUT2D eigenvalue weighted by Gasteiger charge is 2.66. The Labute approximate surface area is 302 Å². The molecular formula is C44H39NO7. The number of fused-ring (bicyclic) bond motifs is 4. The third-order valence-electron chi connectivity index (χ3n) is 11.8. The van der Waals surface area contributed by atoms with Gasteiger partial charge >= 0.3 is 0 Å². The minimum absolute atomic E-state index is 0.148. The molecule has 2 amide bonds. The lowest BCUT2D eigenvalue weighted by atomic mass is 9.44. The molecule has 0 unspecified atom stereocenters. The largest absolute Gasteiger partial charge is 0.502 e. The van der Waals surface area contributed by atoms with Gasteiger partial charge in [-0.05, 0) is 77.8 Å². The molecule has 1 saturated heterocycles. The molecule has 1 aliphatic heterocycles. The van der Waals surface area contributed by atoms with Crippen LogP contribution in [0, 0.1) is 23.7 Å². The van der Waals surface area contributed by atoms with Crippen LogP contribution in [0.5, 0.6) is 17.2 Å². The second kappa shape index (κ2) is 12.8.